The zero-order valence-electron chi connectivity index (χ0n) is 13.0. The summed E-state index contributed by atoms with van der Waals surface area (Å²) in [5.74, 6) is -2.88. The lowest BCUT2D eigenvalue weighted by Gasteiger charge is -2.12. The molecule has 132 valence electrons. The molecule has 1 heterocycles. The van der Waals surface area contributed by atoms with Crippen LogP contribution in [-0.4, -0.2) is 34.1 Å². The van der Waals surface area contributed by atoms with Crippen molar-refractivity contribution in [1.29, 1.82) is 0 Å². The highest BCUT2D eigenvalue weighted by Gasteiger charge is 2.21. The Kier molecular flexibility index (Phi) is 5.42. The minimum atomic E-state index is -1.13. The molecular formula is C15H14F2N4O4. The first-order chi connectivity index (χ1) is 11.8. The van der Waals surface area contributed by atoms with E-state index in [1.807, 2.05) is 5.10 Å². The predicted octanol–water partition coefficient (Wildman–Crippen LogP) is 1.54. The van der Waals surface area contributed by atoms with Crippen LogP contribution in [0.4, 0.5) is 19.4 Å². The molecule has 2 aromatic rings. The van der Waals surface area contributed by atoms with E-state index in [9.17, 15) is 23.2 Å². The van der Waals surface area contributed by atoms with Gasteiger partial charge in [0.25, 0.3) is 5.91 Å². The minimum absolute atomic E-state index is 0.102. The number of Topliss-reactive ketones (excluding diaryl/α,β-unsaturated/α-hetero) is 1. The number of rotatable bonds is 6. The first-order valence-electron chi connectivity index (χ1n) is 7.05. The second-order valence-corrected chi connectivity index (χ2v) is 5.08. The van der Waals surface area contributed by atoms with E-state index in [1.165, 1.54) is 13.0 Å². The number of amides is 2. The van der Waals surface area contributed by atoms with Crippen LogP contribution in [0.25, 0.3) is 0 Å². The molecule has 2 rings (SSSR count). The van der Waals surface area contributed by atoms with Gasteiger partial charge in [0.05, 0.1) is 0 Å². The van der Waals surface area contributed by atoms with E-state index in [4.69, 9.17) is 5.73 Å². The van der Waals surface area contributed by atoms with Crippen LogP contribution < -0.4 is 11.1 Å². The monoisotopic (exact) mass is 352 g/mol. The van der Waals surface area contributed by atoms with E-state index >= 15 is 0 Å². The standard InChI is InChI=1S/C15H14F2N4O4/c1-7(25-15(18)24)11(22)4-8-2-3-9(16)5-10(8)14(23)19-13-6-12(17)20-21-13/h2-3,5-7H,4H2,1H3,(H2,18,24)(H2,19,20,21,23)/t7-/m0/s1. The molecule has 0 spiro atoms. The lowest BCUT2D eigenvalue weighted by molar-refractivity contribution is -0.125. The number of aromatic nitrogens is 2. The maximum Gasteiger partial charge on any atom is 0.405 e. The van der Waals surface area contributed by atoms with Gasteiger partial charge in [-0.25, -0.2) is 9.18 Å². The molecule has 0 saturated heterocycles. The van der Waals surface area contributed by atoms with Crippen molar-refractivity contribution in [2.75, 3.05) is 5.32 Å². The molecule has 4 N–H and O–H groups in total. The Bertz CT molecular complexity index is 822. The van der Waals surface area contributed by atoms with Gasteiger partial charge in [0, 0.05) is 18.1 Å². The molecule has 0 aliphatic carbocycles. The summed E-state index contributed by atoms with van der Waals surface area (Å²) in [4.78, 5) is 35.0. The van der Waals surface area contributed by atoms with Crippen molar-refractivity contribution >= 4 is 23.6 Å². The number of aromatic amines is 1. The average molecular weight is 352 g/mol. The summed E-state index contributed by atoms with van der Waals surface area (Å²) in [7, 11) is 0. The van der Waals surface area contributed by atoms with Gasteiger partial charge in [-0.2, -0.15) is 9.49 Å². The van der Waals surface area contributed by atoms with Crippen LogP contribution in [0.1, 0.15) is 22.8 Å². The summed E-state index contributed by atoms with van der Waals surface area (Å²) in [6, 6.07) is 4.20. The fourth-order valence-corrected chi connectivity index (χ4v) is 2.03. The number of nitrogens with one attached hydrogen (secondary N) is 2. The molecule has 2 amide bonds. The van der Waals surface area contributed by atoms with Crippen LogP contribution in [0.2, 0.25) is 0 Å². The van der Waals surface area contributed by atoms with Gasteiger partial charge in [-0.3, -0.25) is 14.7 Å². The topological polar surface area (TPSA) is 127 Å². The molecule has 0 bridgehead atoms. The molecule has 1 aromatic heterocycles. The number of primary amides is 1. The molecule has 0 radical (unpaired) electrons. The molecule has 1 aromatic carbocycles. The lowest BCUT2D eigenvalue weighted by atomic mass is 9.99. The second-order valence-electron chi connectivity index (χ2n) is 5.08. The summed E-state index contributed by atoms with van der Waals surface area (Å²) < 4.78 is 30.9. The van der Waals surface area contributed by atoms with Crippen LogP contribution in [0.3, 0.4) is 0 Å². The molecule has 0 fully saturated rings. The second kappa shape index (κ2) is 7.51. The van der Waals surface area contributed by atoms with Gasteiger partial charge >= 0.3 is 6.09 Å². The summed E-state index contributed by atoms with van der Waals surface area (Å²) in [5.41, 5.74) is 4.90. The van der Waals surface area contributed by atoms with E-state index in [0.29, 0.717) is 0 Å². The highest BCUT2D eigenvalue weighted by Crippen LogP contribution is 2.16. The Labute approximate surface area is 140 Å². The quantitative estimate of drug-likeness (QED) is 0.726. The van der Waals surface area contributed by atoms with Gasteiger partial charge in [-0.15, -0.1) is 0 Å². The van der Waals surface area contributed by atoms with Crippen molar-refractivity contribution < 1.29 is 27.9 Å². The first-order valence-corrected chi connectivity index (χ1v) is 7.05. The number of halogens is 2. The number of ketones is 1. The van der Waals surface area contributed by atoms with Crippen LogP contribution in [-0.2, 0) is 16.0 Å². The lowest BCUT2D eigenvalue weighted by Crippen LogP contribution is -2.29. The predicted molar refractivity (Wildman–Crippen MR) is 81.7 cm³/mol. The molecule has 0 aliphatic heterocycles. The molecule has 25 heavy (non-hydrogen) atoms. The Balaban J connectivity index is 2.20. The fourth-order valence-electron chi connectivity index (χ4n) is 2.03. The number of carbonyl (C=O) groups is 3. The summed E-state index contributed by atoms with van der Waals surface area (Å²) in [5, 5.41) is 7.76. The fraction of sp³-hybridized carbons (Fsp3) is 0.200. The van der Waals surface area contributed by atoms with Gasteiger partial charge in [0.1, 0.15) is 5.82 Å². The molecule has 1 atom stereocenters. The number of ether oxygens (including phenoxy) is 1. The highest BCUT2D eigenvalue weighted by atomic mass is 19.1. The van der Waals surface area contributed by atoms with Crippen molar-refractivity contribution in [3.63, 3.8) is 0 Å². The van der Waals surface area contributed by atoms with Crippen molar-refractivity contribution in [3.05, 3.63) is 47.2 Å². The van der Waals surface area contributed by atoms with Crippen molar-refractivity contribution in [1.82, 2.24) is 10.2 Å². The SMILES string of the molecule is C[C@H](OC(N)=O)C(=O)Cc1ccc(F)cc1C(=O)Nc1cc(F)[nH]n1. The molecule has 10 heteroatoms. The van der Waals surface area contributed by atoms with E-state index < -0.39 is 35.7 Å². The maximum absolute atomic E-state index is 13.5. The summed E-state index contributed by atoms with van der Waals surface area (Å²) in [6.45, 7) is 1.32. The Hall–Kier alpha value is -3.30. The zero-order valence-corrected chi connectivity index (χ0v) is 13.0. The number of carbonyl (C=O) groups excluding carboxylic acids is 3. The molecule has 8 nitrogen and oxygen atoms in total. The number of nitrogens with two attached hydrogens (primary N) is 1. The Morgan fingerprint density at radius 1 is 1.32 bits per heavy atom. The smallest absolute Gasteiger partial charge is 0.405 e. The van der Waals surface area contributed by atoms with Gasteiger partial charge in [-0.05, 0) is 24.6 Å². The minimum Gasteiger partial charge on any atom is -0.439 e. The Morgan fingerprint density at radius 3 is 2.64 bits per heavy atom. The molecule has 0 aliphatic rings. The van der Waals surface area contributed by atoms with E-state index in [-0.39, 0.29) is 23.4 Å². The number of anilines is 1. The van der Waals surface area contributed by atoms with Gasteiger partial charge in [-0.1, -0.05) is 6.07 Å². The number of benzene rings is 1. The molecular weight excluding hydrogens is 338 g/mol. The maximum atomic E-state index is 13.5. The Morgan fingerprint density at radius 2 is 2.04 bits per heavy atom. The van der Waals surface area contributed by atoms with Crippen LogP contribution >= 0.6 is 0 Å². The number of hydrogen-bond donors (Lipinski definition) is 3. The van der Waals surface area contributed by atoms with Gasteiger partial charge < -0.3 is 15.8 Å². The normalized spacial score (nSPS) is 11.6. The summed E-state index contributed by atoms with van der Waals surface area (Å²) in [6.07, 6.45) is -2.54. The van der Waals surface area contributed by atoms with Gasteiger partial charge in [0.2, 0.25) is 5.95 Å². The number of H-pyrrole nitrogens is 1. The van der Waals surface area contributed by atoms with E-state index in [1.54, 1.807) is 0 Å². The van der Waals surface area contributed by atoms with Gasteiger partial charge in [0.15, 0.2) is 17.7 Å². The van der Waals surface area contributed by atoms with Crippen LogP contribution in [0, 0.1) is 11.8 Å². The van der Waals surface area contributed by atoms with Crippen LogP contribution in [0.15, 0.2) is 24.3 Å². The van der Waals surface area contributed by atoms with E-state index in [0.717, 1.165) is 18.2 Å². The van der Waals surface area contributed by atoms with Crippen molar-refractivity contribution in [2.45, 2.75) is 19.4 Å². The first kappa shape index (κ1) is 18.0. The highest BCUT2D eigenvalue weighted by molar-refractivity contribution is 6.05. The zero-order chi connectivity index (χ0) is 18.6. The molecule has 0 saturated carbocycles. The number of nitrogens with zero attached hydrogens (tertiary/aromatic N) is 1. The third-order valence-electron chi connectivity index (χ3n) is 3.22. The number of hydrogen-bond acceptors (Lipinski definition) is 5. The third kappa shape index (κ3) is 4.83. The average Bonchev–Trinajstić information content (AvgIpc) is 2.93. The largest absolute Gasteiger partial charge is 0.439 e. The van der Waals surface area contributed by atoms with Crippen LogP contribution in [0.5, 0.6) is 0 Å². The van der Waals surface area contributed by atoms with E-state index in [2.05, 4.69) is 15.2 Å². The summed E-state index contributed by atoms with van der Waals surface area (Å²) >= 11 is 0. The van der Waals surface area contributed by atoms with Crippen molar-refractivity contribution in [3.8, 4) is 0 Å². The molecule has 0 unspecified atom stereocenters. The third-order valence-corrected chi connectivity index (χ3v) is 3.22. The van der Waals surface area contributed by atoms with Crippen molar-refractivity contribution in [2.24, 2.45) is 5.73 Å².